The van der Waals surface area contributed by atoms with Gasteiger partial charge in [0.25, 0.3) is 0 Å². The number of halogens is 2. The minimum Gasteiger partial charge on any atom is -0.0717 e. The molecule has 2 aliphatic rings. The van der Waals surface area contributed by atoms with Crippen molar-refractivity contribution < 1.29 is 0 Å². The molecular formula is C11H10Br2. The molecule has 13 heavy (non-hydrogen) atoms. The highest BCUT2D eigenvalue weighted by atomic mass is 79.9. The highest BCUT2D eigenvalue weighted by molar-refractivity contribution is 9.25. The van der Waals surface area contributed by atoms with Crippen LogP contribution >= 0.6 is 31.9 Å². The average molecular weight is 302 g/mol. The van der Waals surface area contributed by atoms with Gasteiger partial charge < -0.3 is 0 Å². The van der Waals surface area contributed by atoms with E-state index >= 15 is 0 Å². The van der Waals surface area contributed by atoms with E-state index in [4.69, 9.17) is 0 Å². The highest BCUT2D eigenvalue weighted by Crippen LogP contribution is 2.70. The summed E-state index contributed by atoms with van der Waals surface area (Å²) in [7, 11) is 0. The van der Waals surface area contributed by atoms with E-state index in [-0.39, 0.29) is 3.23 Å². The fraction of sp³-hybridized carbons (Fsp3) is 0.455. The van der Waals surface area contributed by atoms with Gasteiger partial charge in [0.1, 0.15) is 0 Å². The van der Waals surface area contributed by atoms with Gasteiger partial charge in [-0.25, -0.2) is 0 Å². The van der Waals surface area contributed by atoms with Crippen LogP contribution in [0.1, 0.15) is 23.5 Å². The summed E-state index contributed by atoms with van der Waals surface area (Å²) in [6.45, 7) is 0. The second-order valence-corrected chi connectivity index (χ2v) is 7.68. The molecule has 0 spiro atoms. The Balaban J connectivity index is 2.10. The molecular weight excluding hydrogens is 292 g/mol. The van der Waals surface area contributed by atoms with Crippen molar-refractivity contribution in [3.8, 4) is 0 Å². The summed E-state index contributed by atoms with van der Waals surface area (Å²) in [4.78, 5) is 0. The van der Waals surface area contributed by atoms with Gasteiger partial charge in [0, 0.05) is 5.92 Å². The topological polar surface area (TPSA) is 0 Å². The van der Waals surface area contributed by atoms with Crippen LogP contribution in [0.4, 0.5) is 0 Å². The van der Waals surface area contributed by atoms with Crippen molar-refractivity contribution in [1.29, 1.82) is 0 Å². The Morgan fingerprint density at radius 1 is 1.23 bits per heavy atom. The largest absolute Gasteiger partial charge is 0.0911 e. The lowest BCUT2D eigenvalue weighted by molar-refractivity contribution is 0.667. The van der Waals surface area contributed by atoms with Gasteiger partial charge in [-0.05, 0) is 29.9 Å². The van der Waals surface area contributed by atoms with E-state index in [2.05, 4.69) is 56.1 Å². The molecule has 0 saturated heterocycles. The van der Waals surface area contributed by atoms with Crippen LogP contribution in [0.25, 0.3) is 0 Å². The first-order valence-corrected chi connectivity index (χ1v) is 6.25. The average Bonchev–Trinajstić information content (AvgIpc) is 2.70. The summed E-state index contributed by atoms with van der Waals surface area (Å²) in [6, 6.07) is 8.83. The number of hydrogen-bond donors (Lipinski definition) is 0. The molecule has 0 aromatic heterocycles. The molecule has 0 unspecified atom stereocenters. The first kappa shape index (κ1) is 8.49. The van der Waals surface area contributed by atoms with E-state index in [1.807, 2.05) is 0 Å². The molecule has 0 amide bonds. The van der Waals surface area contributed by atoms with Gasteiger partial charge in [0.2, 0.25) is 0 Å². The normalized spacial score (nSPS) is 33.4. The summed E-state index contributed by atoms with van der Waals surface area (Å²) >= 11 is 7.53. The number of hydrogen-bond acceptors (Lipinski definition) is 0. The molecule has 1 fully saturated rings. The lowest BCUT2D eigenvalue weighted by atomic mass is 9.92. The summed E-state index contributed by atoms with van der Waals surface area (Å²) in [5.74, 6) is 1.51. The van der Waals surface area contributed by atoms with Gasteiger partial charge in [-0.2, -0.15) is 0 Å². The van der Waals surface area contributed by atoms with E-state index in [0.717, 1.165) is 5.92 Å². The third-order valence-corrected chi connectivity index (χ3v) is 5.48. The molecule has 1 aromatic rings. The van der Waals surface area contributed by atoms with Gasteiger partial charge >= 0.3 is 0 Å². The van der Waals surface area contributed by atoms with E-state index in [9.17, 15) is 0 Å². The zero-order valence-electron chi connectivity index (χ0n) is 7.13. The first-order chi connectivity index (χ1) is 6.21. The van der Waals surface area contributed by atoms with Crippen molar-refractivity contribution in [3.63, 3.8) is 0 Å². The zero-order chi connectivity index (χ0) is 9.05. The molecule has 68 valence electrons. The third-order valence-electron chi connectivity index (χ3n) is 3.32. The van der Waals surface area contributed by atoms with Gasteiger partial charge in [-0.15, -0.1) is 0 Å². The van der Waals surface area contributed by atoms with Crippen molar-refractivity contribution in [2.75, 3.05) is 0 Å². The Morgan fingerprint density at radius 2 is 2.00 bits per heavy atom. The van der Waals surface area contributed by atoms with Crippen LogP contribution in [0, 0.1) is 5.92 Å². The molecule has 0 N–H and O–H groups in total. The number of fused-ring (bicyclic) bond motifs is 3. The van der Waals surface area contributed by atoms with Crippen LogP contribution in [0.3, 0.4) is 0 Å². The Hall–Kier alpha value is 0.180. The van der Waals surface area contributed by atoms with Crippen LogP contribution in [-0.4, -0.2) is 3.23 Å². The first-order valence-electron chi connectivity index (χ1n) is 4.67. The van der Waals surface area contributed by atoms with E-state index in [1.54, 1.807) is 11.1 Å². The van der Waals surface area contributed by atoms with Gasteiger partial charge in [0.15, 0.2) is 0 Å². The van der Waals surface area contributed by atoms with Crippen LogP contribution < -0.4 is 0 Å². The van der Waals surface area contributed by atoms with Crippen molar-refractivity contribution in [1.82, 2.24) is 0 Å². The Morgan fingerprint density at radius 3 is 2.85 bits per heavy atom. The standard InChI is InChI=1S/C11H10Br2/c12-11(13)9-6-5-7-3-1-2-4-8(7)10(9)11/h1-4,9-10H,5-6H2/t9-,10+/m1/s1. The van der Waals surface area contributed by atoms with Crippen molar-refractivity contribution in [2.24, 2.45) is 5.92 Å². The second-order valence-electron chi connectivity index (χ2n) is 4.00. The van der Waals surface area contributed by atoms with Gasteiger partial charge in [-0.3, -0.25) is 0 Å². The fourth-order valence-electron chi connectivity index (χ4n) is 2.55. The summed E-state index contributed by atoms with van der Waals surface area (Å²) in [6.07, 6.45) is 2.56. The van der Waals surface area contributed by atoms with Crippen LogP contribution in [-0.2, 0) is 6.42 Å². The molecule has 2 heteroatoms. The predicted molar refractivity (Wildman–Crippen MR) is 61.6 cm³/mol. The fourth-order valence-corrected chi connectivity index (χ4v) is 4.40. The molecule has 1 saturated carbocycles. The monoisotopic (exact) mass is 300 g/mol. The van der Waals surface area contributed by atoms with Crippen molar-refractivity contribution >= 4 is 31.9 Å². The highest BCUT2D eigenvalue weighted by Gasteiger charge is 2.63. The zero-order valence-corrected chi connectivity index (χ0v) is 10.3. The maximum absolute atomic E-state index is 3.77. The van der Waals surface area contributed by atoms with Crippen molar-refractivity contribution in [2.45, 2.75) is 22.0 Å². The van der Waals surface area contributed by atoms with Crippen molar-refractivity contribution in [3.05, 3.63) is 35.4 Å². The van der Waals surface area contributed by atoms with Crippen LogP contribution in [0.5, 0.6) is 0 Å². The lowest BCUT2D eigenvalue weighted by Crippen LogP contribution is -2.00. The van der Waals surface area contributed by atoms with Gasteiger partial charge in [0.05, 0.1) is 3.23 Å². The predicted octanol–water partition coefficient (Wildman–Crippen LogP) is 3.83. The van der Waals surface area contributed by atoms with E-state index in [1.165, 1.54) is 12.8 Å². The molecule has 2 atom stereocenters. The third kappa shape index (κ3) is 1.08. The Kier molecular flexibility index (Phi) is 1.70. The quantitative estimate of drug-likeness (QED) is 0.639. The van der Waals surface area contributed by atoms with Crippen LogP contribution in [0.15, 0.2) is 24.3 Å². The summed E-state index contributed by atoms with van der Waals surface area (Å²) in [5.41, 5.74) is 3.09. The molecule has 0 nitrogen and oxygen atoms in total. The molecule has 0 bridgehead atoms. The number of alkyl halides is 2. The van der Waals surface area contributed by atoms with E-state index in [0.29, 0.717) is 5.92 Å². The van der Waals surface area contributed by atoms with Crippen LogP contribution in [0.2, 0.25) is 0 Å². The maximum atomic E-state index is 3.77. The molecule has 1 aromatic carbocycles. The molecule has 2 aliphatic carbocycles. The number of aryl methyl sites for hydroxylation is 1. The Bertz CT molecular complexity index is 357. The molecule has 0 heterocycles. The SMILES string of the molecule is BrC1(Br)[C@@H]2CCc3ccccc3[C@@H]21. The number of rotatable bonds is 0. The van der Waals surface area contributed by atoms with E-state index < -0.39 is 0 Å². The molecule has 0 radical (unpaired) electrons. The van der Waals surface area contributed by atoms with Gasteiger partial charge in [-0.1, -0.05) is 56.1 Å². The minimum atomic E-state index is 0.215. The smallest absolute Gasteiger partial charge is 0.0717 e. The second kappa shape index (κ2) is 2.60. The lowest BCUT2D eigenvalue weighted by Gasteiger charge is -2.12. The molecule has 3 rings (SSSR count). The minimum absolute atomic E-state index is 0.215. The maximum Gasteiger partial charge on any atom is 0.0911 e. The summed E-state index contributed by atoms with van der Waals surface area (Å²) < 4.78 is 0.215. The summed E-state index contributed by atoms with van der Waals surface area (Å²) in [5, 5.41) is 0. The molecule has 0 aliphatic heterocycles. The Labute approximate surface area is 95.0 Å². The number of benzene rings is 1.